The second-order valence-corrected chi connectivity index (χ2v) is 6.68. The van der Waals surface area contributed by atoms with Crippen molar-refractivity contribution in [3.05, 3.63) is 48.0 Å². The van der Waals surface area contributed by atoms with Crippen LogP contribution in [-0.4, -0.2) is 5.11 Å². The Morgan fingerprint density at radius 1 is 1.05 bits per heavy atom. The predicted octanol–water partition coefficient (Wildman–Crippen LogP) is 5.41. The fourth-order valence-electron chi connectivity index (χ4n) is 3.86. The molecule has 0 radical (unpaired) electrons. The Morgan fingerprint density at radius 2 is 1.86 bits per heavy atom. The van der Waals surface area contributed by atoms with Crippen LogP contribution in [0.1, 0.15) is 57.4 Å². The van der Waals surface area contributed by atoms with Gasteiger partial charge in [-0.1, -0.05) is 62.6 Å². The van der Waals surface area contributed by atoms with E-state index in [0.29, 0.717) is 0 Å². The molecule has 2 aromatic rings. The van der Waals surface area contributed by atoms with E-state index in [0.717, 1.165) is 37.2 Å². The molecule has 0 heterocycles. The van der Waals surface area contributed by atoms with Crippen LogP contribution < -0.4 is 0 Å². The molecule has 0 spiro atoms. The minimum Gasteiger partial charge on any atom is -0.385 e. The summed E-state index contributed by atoms with van der Waals surface area (Å²) in [5, 5.41) is 13.7. The summed E-state index contributed by atoms with van der Waals surface area (Å²) in [6.45, 7) is 2.26. The van der Waals surface area contributed by atoms with Gasteiger partial charge in [-0.3, -0.25) is 0 Å². The number of hydrogen-bond acceptors (Lipinski definition) is 1. The van der Waals surface area contributed by atoms with E-state index in [1.807, 2.05) is 0 Å². The molecule has 1 fully saturated rings. The second kappa shape index (κ2) is 6.19. The minimum absolute atomic E-state index is 0.619. The Hall–Kier alpha value is -1.34. The molecule has 2 aromatic carbocycles. The van der Waals surface area contributed by atoms with Gasteiger partial charge < -0.3 is 5.11 Å². The van der Waals surface area contributed by atoms with Crippen LogP contribution in [0, 0.1) is 5.92 Å². The summed E-state index contributed by atoms with van der Waals surface area (Å²) in [7, 11) is 0. The second-order valence-electron chi connectivity index (χ2n) is 6.68. The van der Waals surface area contributed by atoms with Crippen molar-refractivity contribution < 1.29 is 5.11 Å². The summed E-state index contributed by atoms with van der Waals surface area (Å²) in [4.78, 5) is 0. The standard InChI is InChI=1S/C20H26O/c1-2-6-16-7-5-13-20(21,14-12-16)19-11-10-17-8-3-4-9-18(17)15-19/h3-4,8-11,15-16,21H,2,5-7,12-14H2,1H3. The highest BCUT2D eigenvalue weighted by Gasteiger charge is 2.32. The molecule has 1 heteroatoms. The lowest BCUT2D eigenvalue weighted by atomic mass is 9.85. The molecule has 2 atom stereocenters. The number of hydrogen-bond donors (Lipinski definition) is 1. The van der Waals surface area contributed by atoms with Crippen LogP contribution in [0.25, 0.3) is 10.8 Å². The van der Waals surface area contributed by atoms with Crippen molar-refractivity contribution in [2.45, 2.75) is 57.5 Å². The van der Waals surface area contributed by atoms with Crippen molar-refractivity contribution in [1.82, 2.24) is 0 Å². The van der Waals surface area contributed by atoms with E-state index in [1.54, 1.807) is 0 Å². The summed E-state index contributed by atoms with van der Waals surface area (Å²) in [5.41, 5.74) is 0.491. The molecule has 1 nitrogen and oxygen atoms in total. The van der Waals surface area contributed by atoms with Crippen LogP contribution in [0.5, 0.6) is 0 Å². The van der Waals surface area contributed by atoms with Crippen LogP contribution in [0.4, 0.5) is 0 Å². The number of fused-ring (bicyclic) bond motifs is 1. The lowest BCUT2D eigenvalue weighted by Gasteiger charge is -2.28. The first kappa shape index (κ1) is 14.6. The Balaban J connectivity index is 1.85. The quantitative estimate of drug-likeness (QED) is 0.746. The zero-order chi connectivity index (χ0) is 14.7. The first-order chi connectivity index (χ1) is 10.2. The van der Waals surface area contributed by atoms with Gasteiger partial charge in [-0.05, 0) is 54.0 Å². The summed E-state index contributed by atoms with van der Waals surface area (Å²) in [6, 6.07) is 14.9. The molecule has 0 aromatic heterocycles. The Kier molecular flexibility index (Phi) is 4.30. The molecule has 2 unspecified atom stereocenters. The Morgan fingerprint density at radius 3 is 2.67 bits per heavy atom. The Bertz CT molecular complexity index is 604. The lowest BCUT2D eigenvalue weighted by molar-refractivity contribution is 0.0197. The van der Waals surface area contributed by atoms with E-state index in [4.69, 9.17) is 0 Å². The summed E-state index contributed by atoms with van der Waals surface area (Å²) in [5.74, 6) is 0.810. The molecular weight excluding hydrogens is 256 g/mol. The lowest BCUT2D eigenvalue weighted by Crippen LogP contribution is -2.24. The predicted molar refractivity (Wildman–Crippen MR) is 89.3 cm³/mol. The third kappa shape index (κ3) is 3.13. The highest BCUT2D eigenvalue weighted by atomic mass is 16.3. The van der Waals surface area contributed by atoms with Crippen molar-refractivity contribution in [2.75, 3.05) is 0 Å². The largest absolute Gasteiger partial charge is 0.385 e. The first-order valence-electron chi connectivity index (χ1n) is 8.43. The fraction of sp³-hybridized carbons (Fsp3) is 0.500. The topological polar surface area (TPSA) is 20.2 Å². The van der Waals surface area contributed by atoms with E-state index in [9.17, 15) is 5.11 Å². The molecule has 1 saturated carbocycles. The zero-order valence-corrected chi connectivity index (χ0v) is 13.0. The molecule has 0 bridgehead atoms. The van der Waals surface area contributed by atoms with Crippen LogP contribution in [0.2, 0.25) is 0 Å². The molecule has 21 heavy (non-hydrogen) atoms. The van der Waals surface area contributed by atoms with Gasteiger partial charge in [0.15, 0.2) is 0 Å². The molecule has 3 rings (SSSR count). The maximum atomic E-state index is 11.2. The van der Waals surface area contributed by atoms with Gasteiger partial charge in [0.1, 0.15) is 0 Å². The molecule has 1 aliphatic carbocycles. The van der Waals surface area contributed by atoms with Crippen molar-refractivity contribution in [1.29, 1.82) is 0 Å². The first-order valence-corrected chi connectivity index (χ1v) is 8.43. The molecule has 0 saturated heterocycles. The van der Waals surface area contributed by atoms with E-state index < -0.39 is 5.60 Å². The highest BCUT2D eigenvalue weighted by Crippen LogP contribution is 2.39. The van der Waals surface area contributed by atoms with Crippen molar-refractivity contribution in [2.24, 2.45) is 5.92 Å². The molecule has 112 valence electrons. The average Bonchev–Trinajstić information content (AvgIpc) is 2.70. The van der Waals surface area contributed by atoms with Gasteiger partial charge in [0.2, 0.25) is 0 Å². The van der Waals surface area contributed by atoms with E-state index >= 15 is 0 Å². The minimum atomic E-state index is -0.619. The zero-order valence-electron chi connectivity index (χ0n) is 13.0. The number of aliphatic hydroxyl groups is 1. The van der Waals surface area contributed by atoms with Crippen molar-refractivity contribution in [3.63, 3.8) is 0 Å². The Labute approximate surface area is 128 Å². The van der Waals surface area contributed by atoms with E-state index in [1.165, 1.54) is 30.0 Å². The number of rotatable bonds is 3. The SMILES string of the molecule is CCCC1CCCC(O)(c2ccc3ccccc3c2)CC1. The maximum Gasteiger partial charge on any atom is 0.0896 e. The van der Waals surface area contributed by atoms with Crippen LogP contribution in [-0.2, 0) is 5.60 Å². The van der Waals surface area contributed by atoms with E-state index in [2.05, 4.69) is 49.4 Å². The average molecular weight is 282 g/mol. The van der Waals surface area contributed by atoms with Gasteiger partial charge in [-0.15, -0.1) is 0 Å². The molecule has 1 aliphatic rings. The summed E-state index contributed by atoms with van der Waals surface area (Å²) >= 11 is 0. The van der Waals surface area contributed by atoms with Crippen LogP contribution >= 0.6 is 0 Å². The van der Waals surface area contributed by atoms with Crippen LogP contribution in [0.3, 0.4) is 0 Å². The molecule has 0 amide bonds. The van der Waals surface area contributed by atoms with Gasteiger partial charge in [-0.25, -0.2) is 0 Å². The monoisotopic (exact) mass is 282 g/mol. The van der Waals surface area contributed by atoms with E-state index in [-0.39, 0.29) is 0 Å². The van der Waals surface area contributed by atoms with Gasteiger partial charge in [0.05, 0.1) is 5.60 Å². The number of benzene rings is 2. The third-order valence-corrected chi connectivity index (χ3v) is 5.15. The normalized spacial score (nSPS) is 26.7. The third-order valence-electron chi connectivity index (χ3n) is 5.15. The van der Waals surface area contributed by atoms with Gasteiger partial charge in [-0.2, -0.15) is 0 Å². The van der Waals surface area contributed by atoms with Gasteiger partial charge >= 0.3 is 0 Å². The fourth-order valence-corrected chi connectivity index (χ4v) is 3.86. The van der Waals surface area contributed by atoms with Gasteiger partial charge in [0, 0.05) is 0 Å². The smallest absolute Gasteiger partial charge is 0.0896 e. The van der Waals surface area contributed by atoms with Crippen molar-refractivity contribution >= 4 is 10.8 Å². The maximum absolute atomic E-state index is 11.2. The summed E-state index contributed by atoms with van der Waals surface area (Å²) in [6.07, 6.45) is 7.99. The van der Waals surface area contributed by atoms with Crippen molar-refractivity contribution in [3.8, 4) is 0 Å². The molecule has 0 aliphatic heterocycles. The van der Waals surface area contributed by atoms with Gasteiger partial charge in [0.25, 0.3) is 0 Å². The summed E-state index contributed by atoms with van der Waals surface area (Å²) < 4.78 is 0. The highest BCUT2D eigenvalue weighted by molar-refractivity contribution is 5.83. The molecular formula is C20H26O. The van der Waals surface area contributed by atoms with Crippen LogP contribution in [0.15, 0.2) is 42.5 Å². The molecule has 1 N–H and O–H groups in total.